The van der Waals surface area contributed by atoms with Gasteiger partial charge in [-0.2, -0.15) is 0 Å². The van der Waals surface area contributed by atoms with E-state index >= 15 is 0 Å². The first-order chi connectivity index (χ1) is 8.66. The first kappa shape index (κ1) is 12.1. The second-order valence-corrected chi connectivity index (χ2v) is 3.93. The summed E-state index contributed by atoms with van der Waals surface area (Å²) < 4.78 is 0. The highest BCUT2D eigenvalue weighted by molar-refractivity contribution is 5.90. The van der Waals surface area contributed by atoms with E-state index in [4.69, 9.17) is 5.84 Å². The van der Waals surface area contributed by atoms with Gasteiger partial charge in [-0.3, -0.25) is 4.79 Å². The third-order valence-electron chi connectivity index (χ3n) is 2.55. The lowest BCUT2D eigenvalue weighted by atomic mass is 10.2. The average Bonchev–Trinajstić information content (AvgIpc) is 2.40. The maximum atomic E-state index is 11.1. The molecule has 4 nitrogen and oxygen atoms in total. The van der Waals surface area contributed by atoms with Gasteiger partial charge in [-0.15, -0.1) is 0 Å². The van der Waals surface area contributed by atoms with Crippen molar-refractivity contribution in [1.82, 2.24) is 0 Å². The number of para-hydroxylation sites is 1. The van der Waals surface area contributed by atoms with Gasteiger partial charge in [0.25, 0.3) is 0 Å². The molecule has 3 N–H and O–H groups in total. The van der Waals surface area contributed by atoms with E-state index < -0.39 is 0 Å². The lowest BCUT2D eigenvalue weighted by Crippen LogP contribution is -2.35. The van der Waals surface area contributed by atoms with Gasteiger partial charge in [0.05, 0.1) is 5.69 Å². The van der Waals surface area contributed by atoms with Gasteiger partial charge >= 0.3 is 0 Å². The van der Waals surface area contributed by atoms with E-state index in [0.717, 1.165) is 16.4 Å². The Kier molecular flexibility index (Phi) is 3.60. The molecule has 0 unspecified atom stereocenters. The fourth-order valence-electron chi connectivity index (χ4n) is 1.58. The minimum atomic E-state index is -0.196. The second-order valence-electron chi connectivity index (χ2n) is 3.93. The third kappa shape index (κ3) is 2.87. The number of rotatable bonds is 3. The Morgan fingerprint density at radius 2 is 1.56 bits per heavy atom. The Morgan fingerprint density at radius 1 is 1.00 bits per heavy atom. The van der Waals surface area contributed by atoms with Crippen molar-refractivity contribution in [2.24, 2.45) is 5.84 Å². The van der Waals surface area contributed by atoms with Gasteiger partial charge in [-0.05, 0) is 36.4 Å². The predicted molar refractivity (Wildman–Crippen MR) is 73.5 cm³/mol. The molecule has 2 rings (SSSR count). The molecule has 0 bridgehead atoms. The van der Waals surface area contributed by atoms with Crippen molar-refractivity contribution in [3.63, 3.8) is 0 Å². The van der Waals surface area contributed by atoms with Crippen molar-refractivity contribution in [3.05, 3.63) is 54.6 Å². The molecule has 0 heterocycles. The SMILES string of the molecule is CC(=O)N(N)c1ccc(Nc2ccccc2)cc1. The molecule has 0 fully saturated rings. The third-order valence-corrected chi connectivity index (χ3v) is 2.55. The second kappa shape index (κ2) is 5.33. The van der Waals surface area contributed by atoms with E-state index in [9.17, 15) is 4.79 Å². The molecule has 4 heteroatoms. The largest absolute Gasteiger partial charge is 0.356 e. The fraction of sp³-hybridized carbons (Fsp3) is 0.0714. The van der Waals surface area contributed by atoms with Crippen LogP contribution >= 0.6 is 0 Å². The number of amides is 1. The highest BCUT2D eigenvalue weighted by Gasteiger charge is 2.05. The van der Waals surface area contributed by atoms with Crippen LogP contribution in [0.5, 0.6) is 0 Å². The van der Waals surface area contributed by atoms with E-state index in [1.807, 2.05) is 42.5 Å². The van der Waals surface area contributed by atoms with Crippen LogP contribution in [0.2, 0.25) is 0 Å². The molecular weight excluding hydrogens is 226 g/mol. The number of nitrogens with one attached hydrogen (secondary N) is 1. The molecule has 0 aliphatic carbocycles. The van der Waals surface area contributed by atoms with E-state index in [2.05, 4.69) is 5.32 Å². The molecule has 18 heavy (non-hydrogen) atoms. The van der Waals surface area contributed by atoms with Gasteiger partial charge in [0, 0.05) is 18.3 Å². The summed E-state index contributed by atoms with van der Waals surface area (Å²) in [6, 6.07) is 17.2. The summed E-state index contributed by atoms with van der Waals surface area (Å²) >= 11 is 0. The van der Waals surface area contributed by atoms with Crippen molar-refractivity contribution >= 4 is 23.0 Å². The van der Waals surface area contributed by atoms with Crippen LogP contribution in [0.1, 0.15) is 6.92 Å². The summed E-state index contributed by atoms with van der Waals surface area (Å²) in [5, 5.41) is 4.37. The van der Waals surface area contributed by atoms with E-state index in [1.54, 1.807) is 12.1 Å². The van der Waals surface area contributed by atoms with E-state index in [1.165, 1.54) is 6.92 Å². The van der Waals surface area contributed by atoms with Gasteiger partial charge in [-0.25, -0.2) is 10.9 Å². The summed E-state index contributed by atoms with van der Waals surface area (Å²) in [5.74, 6) is 5.41. The van der Waals surface area contributed by atoms with Gasteiger partial charge in [0.1, 0.15) is 0 Å². The summed E-state index contributed by atoms with van der Waals surface area (Å²) in [4.78, 5) is 11.1. The van der Waals surface area contributed by atoms with Crippen LogP contribution in [-0.2, 0) is 4.79 Å². The molecule has 0 saturated heterocycles. The molecule has 2 aromatic rings. The molecular formula is C14H15N3O. The number of hydrazine groups is 1. The van der Waals surface area contributed by atoms with E-state index in [0.29, 0.717) is 5.69 Å². The van der Waals surface area contributed by atoms with Crippen molar-refractivity contribution in [1.29, 1.82) is 0 Å². The van der Waals surface area contributed by atoms with Gasteiger partial charge < -0.3 is 5.32 Å². The van der Waals surface area contributed by atoms with E-state index in [-0.39, 0.29) is 5.91 Å². The number of hydrogen-bond acceptors (Lipinski definition) is 3. The monoisotopic (exact) mass is 241 g/mol. The van der Waals surface area contributed by atoms with Gasteiger partial charge in [0.2, 0.25) is 5.91 Å². The predicted octanol–water partition coefficient (Wildman–Crippen LogP) is 2.66. The van der Waals surface area contributed by atoms with Crippen LogP contribution in [0.15, 0.2) is 54.6 Å². The zero-order valence-corrected chi connectivity index (χ0v) is 10.1. The van der Waals surface area contributed by atoms with Crippen molar-refractivity contribution < 1.29 is 4.79 Å². The van der Waals surface area contributed by atoms with Crippen LogP contribution in [0, 0.1) is 0 Å². The number of nitrogens with zero attached hydrogens (tertiary/aromatic N) is 1. The Hall–Kier alpha value is -2.33. The van der Waals surface area contributed by atoms with Crippen LogP contribution in [-0.4, -0.2) is 5.91 Å². The van der Waals surface area contributed by atoms with Crippen LogP contribution in [0.25, 0.3) is 0 Å². The molecule has 0 radical (unpaired) electrons. The highest BCUT2D eigenvalue weighted by atomic mass is 16.2. The molecule has 2 aromatic carbocycles. The zero-order chi connectivity index (χ0) is 13.0. The molecule has 0 atom stereocenters. The number of carbonyl (C=O) groups excluding carboxylic acids is 1. The quantitative estimate of drug-likeness (QED) is 0.493. The van der Waals surface area contributed by atoms with Crippen molar-refractivity contribution in [2.75, 3.05) is 10.3 Å². The van der Waals surface area contributed by atoms with Gasteiger partial charge in [-0.1, -0.05) is 18.2 Å². The number of anilines is 3. The molecule has 0 aliphatic heterocycles. The number of benzene rings is 2. The molecule has 1 amide bonds. The minimum absolute atomic E-state index is 0.196. The maximum absolute atomic E-state index is 11.1. The standard InChI is InChI=1S/C14H15N3O/c1-11(18)17(15)14-9-7-13(8-10-14)16-12-5-3-2-4-6-12/h2-10,16H,15H2,1H3. The minimum Gasteiger partial charge on any atom is -0.356 e. The molecule has 92 valence electrons. The molecule has 0 spiro atoms. The Bertz CT molecular complexity index is 522. The molecule has 0 aliphatic rings. The smallest absolute Gasteiger partial charge is 0.238 e. The van der Waals surface area contributed by atoms with Crippen molar-refractivity contribution in [3.8, 4) is 0 Å². The fourth-order valence-corrected chi connectivity index (χ4v) is 1.58. The molecule has 0 saturated carbocycles. The molecule has 0 aromatic heterocycles. The maximum Gasteiger partial charge on any atom is 0.238 e. The summed E-state index contributed by atoms with van der Waals surface area (Å²) in [6.45, 7) is 1.43. The summed E-state index contributed by atoms with van der Waals surface area (Å²) in [5.41, 5.74) is 2.63. The highest BCUT2D eigenvalue weighted by Crippen LogP contribution is 2.19. The Balaban J connectivity index is 2.11. The van der Waals surface area contributed by atoms with Crippen molar-refractivity contribution in [2.45, 2.75) is 6.92 Å². The lowest BCUT2D eigenvalue weighted by Gasteiger charge is -2.15. The number of carbonyl (C=O) groups is 1. The van der Waals surface area contributed by atoms with Crippen LogP contribution < -0.4 is 16.2 Å². The Labute approximate surface area is 106 Å². The Morgan fingerprint density at radius 3 is 2.11 bits per heavy atom. The van der Waals surface area contributed by atoms with Crippen LogP contribution in [0.4, 0.5) is 17.1 Å². The summed E-state index contributed by atoms with van der Waals surface area (Å²) in [6.07, 6.45) is 0. The first-order valence-corrected chi connectivity index (χ1v) is 5.64. The number of hydrogen-bond donors (Lipinski definition) is 2. The lowest BCUT2D eigenvalue weighted by molar-refractivity contribution is -0.116. The zero-order valence-electron chi connectivity index (χ0n) is 10.1. The topological polar surface area (TPSA) is 58.4 Å². The summed E-state index contributed by atoms with van der Waals surface area (Å²) in [7, 11) is 0. The average molecular weight is 241 g/mol. The first-order valence-electron chi connectivity index (χ1n) is 5.64. The normalized spacial score (nSPS) is 9.89. The van der Waals surface area contributed by atoms with Crippen LogP contribution in [0.3, 0.4) is 0 Å². The van der Waals surface area contributed by atoms with Gasteiger partial charge in [0.15, 0.2) is 0 Å². The number of nitrogens with two attached hydrogens (primary N) is 1.